The van der Waals surface area contributed by atoms with Gasteiger partial charge in [-0.15, -0.1) is 0 Å². The van der Waals surface area contributed by atoms with Crippen molar-refractivity contribution in [1.29, 1.82) is 0 Å². The Morgan fingerprint density at radius 3 is 2.79 bits per heavy atom. The summed E-state index contributed by atoms with van der Waals surface area (Å²) in [6, 6.07) is 0. The van der Waals surface area contributed by atoms with Crippen molar-refractivity contribution >= 4 is 29.3 Å². The van der Waals surface area contributed by atoms with E-state index in [1.54, 1.807) is 5.38 Å². The molecule has 2 heterocycles. The molecule has 1 aromatic rings. The van der Waals surface area contributed by atoms with E-state index >= 15 is 0 Å². The van der Waals surface area contributed by atoms with Crippen LogP contribution in [0.4, 0.5) is 4.79 Å². The van der Waals surface area contributed by atoms with E-state index in [1.165, 1.54) is 16.2 Å². The third-order valence-corrected chi connectivity index (χ3v) is 3.34. The van der Waals surface area contributed by atoms with E-state index in [0.29, 0.717) is 11.3 Å². The van der Waals surface area contributed by atoms with Gasteiger partial charge in [-0.1, -0.05) is 0 Å². The number of carbonyl (C=O) groups is 1. The Bertz CT molecular complexity index is 378. The number of carboxylic acid groups (broad SMARTS) is 1. The Morgan fingerprint density at radius 2 is 2.21 bits per heavy atom. The molecule has 1 aliphatic rings. The first-order valence-electron chi connectivity index (χ1n) is 4.02. The summed E-state index contributed by atoms with van der Waals surface area (Å²) >= 11 is 1.25. The van der Waals surface area contributed by atoms with Gasteiger partial charge < -0.3 is 15.2 Å². The van der Waals surface area contributed by atoms with Crippen LogP contribution in [0.2, 0.25) is 0 Å². The first-order chi connectivity index (χ1) is 6.59. The van der Waals surface area contributed by atoms with E-state index in [1.807, 2.05) is 0 Å². The molecule has 0 unspecified atom stereocenters. The molecule has 1 aromatic heterocycles. The molecule has 0 bridgehead atoms. The van der Waals surface area contributed by atoms with Crippen LogP contribution in [0.3, 0.4) is 0 Å². The lowest BCUT2D eigenvalue weighted by atomic mass is 9.85. The molecule has 5 nitrogen and oxygen atoms in total. The van der Waals surface area contributed by atoms with Gasteiger partial charge in [0.05, 0.1) is 13.1 Å². The van der Waals surface area contributed by atoms with Crippen LogP contribution < -0.4 is 4.78 Å². The van der Waals surface area contributed by atoms with Crippen LogP contribution in [-0.2, 0) is 13.1 Å². The van der Waals surface area contributed by atoms with Crippen molar-refractivity contribution in [3.63, 3.8) is 0 Å². The Hall–Kier alpha value is -1.05. The lowest BCUT2D eigenvalue weighted by molar-refractivity contribution is 0.145. The predicted octanol–water partition coefficient (Wildman–Crippen LogP) is -0.579. The lowest BCUT2D eigenvalue weighted by Crippen LogP contribution is -2.31. The van der Waals surface area contributed by atoms with E-state index in [2.05, 4.69) is 0 Å². The highest BCUT2D eigenvalue weighted by Gasteiger charge is 2.30. The summed E-state index contributed by atoms with van der Waals surface area (Å²) in [4.78, 5) is 11.9. The highest BCUT2D eigenvalue weighted by molar-refractivity contribution is 7.20. The van der Waals surface area contributed by atoms with Crippen molar-refractivity contribution in [2.45, 2.75) is 13.1 Å². The molecule has 1 amide bonds. The van der Waals surface area contributed by atoms with Gasteiger partial charge in [0.25, 0.3) is 0 Å². The molecule has 0 fully saturated rings. The third-order valence-electron chi connectivity index (χ3n) is 2.23. The molecule has 14 heavy (non-hydrogen) atoms. The van der Waals surface area contributed by atoms with Crippen molar-refractivity contribution in [2.24, 2.45) is 0 Å². The number of fused-ring (bicyclic) bond motifs is 1. The van der Waals surface area contributed by atoms with Crippen molar-refractivity contribution in [3.05, 3.63) is 16.5 Å². The standard InChI is InChI=1S/C7H8BNO4S/c10-7(11)9-1-4-3-14-6(8(12)13)5(4)2-9/h3,12-13H,1-2H2,(H,10,11). The fourth-order valence-corrected chi connectivity index (χ4v) is 2.50. The van der Waals surface area contributed by atoms with Gasteiger partial charge >= 0.3 is 13.2 Å². The minimum Gasteiger partial charge on any atom is -0.465 e. The molecule has 1 aliphatic heterocycles. The molecule has 0 radical (unpaired) electrons. The molecule has 0 aromatic carbocycles. The summed E-state index contributed by atoms with van der Waals surface area (Å²) < 4.78 is 0.448. The lowest BCUT2D eigenvalue weighted by Gasteiger charge is -2.10. The average Bonchev–Trinajstić information content (AvgIpc) is 2.58. The topological polar surface area (TPSA) is 81.0 Å². The molecule has 2 rings (SSSR count). The van der Waals surface area contributed by atoms with Gasteiger partial charge in [0.15, 0.2) is 0 Å². The van der Waals surface area contributed by atoms with Crippen LogP contribution in [0.15, 0.2) is 5.38 Å². The number of nitrogens with zero attached hydrogens (tertiary/aromatic N) is 1. The molecular formula is C7H8BNO4S. The number of hydrogen-bond donors (Lipinski definition) is 3. The normalized spacial score (nSPS) is 14.3. The monoisotopic (exact) mass is 213 g/mol. The van der Waals surface area contributed by atoms with Crippen LogP contribution in [0.1, 0.15) is 11.1 Å². The second-order valence-electron chi connectivity index (χ2n) is 3.12. The van der Waals surface area contributed by atoms with Crippen LogP contribution in [-0.4, -0.2) is 33.3 Å². The third kappa shape index (κ3) is 1.39. The van der Waals surface area contributed by atoms with E-state index in [9.17, 15) is 4.79 Å². The van der Waals surface area contributed by atoms with E-state index in [-0.39, 0.29) is 6.54 Å². The van der Waals surface area contributed by atoms with Crippen molar-refractivity contribution in [2.75, 3.05) is 0 Å². The fourth-order valence-electron chi connectivity index (χ4n) is 1.55. The second-order valence-corrected chi connectivity index (χ2v) is 4.03. The maximum Gasteiger partial charge on any atom is 0.499 e. The Morgan fingerprint density at radius 1 is 1.50 bits per heavy atom. The average molecular weight is 213 g/mol. The summed E-state index contributed by atoms with van der Waals surface area (Å²) in [5.41, 5.74) is 1.62. The number of thiophene rings is 1. The highest BCUT2D eigenvalue weighted by atomic mass is 32.1. The summed E-state index contributed by atoms with van der Waals surface area (Å²) in [6.07, 6.45) is -0.982. The van der Waals surface area contributed by atoms with Crippen molar-refractivity contribution in [3.8, 4) is 0 Å². The quantitative estimate of drug-likeness (QED) is 0.545. The van der Waals surface area contributed by atoms with E-state index in [4.69, 9.17) is 15.2 Å². The molecule has 0 spiro atoms. The maximum atomic E-state index is 10.7. The molecule has 74 valence electrons. The fraction of sp³-hybridized carbons (Fsp3) is 0.286. The zero-order chi connectivity index (χ0) is 10.3. The summed E-state index contributed by atoms with van der Waals surface area (Å²) in [6.45, 7) is 0.592. The van der Waals surface area contributed by atoms with Gasteiger partial charge in [-0.3, -0.25) is 4.90 Å². The number of hydrogen-bond acceptors (Lipinski definition) is 4. The Balaban J connectivity index is 2.28. The SMILES string of the molecule is O=C(O)N1Cc2csc(B(O)O)c2C1. The van der Waals surface area contributed by atoms with Gasteiger partial charge in [0.2, 0.25) is 0 Å². The molecule has 0 saturated carbocycles. The first-order valence-corrected chi connectivity index (χ1v) is 4.90. The molecule has 0 saturated heterocycles. The second kappa shape index (κ2) is 3.27. The molecule has 7 heteroatoms. The number of amides is 1. The molecule has 3 N–H and O–H groups in total. The smallest absolute Gasteiger partial charge is 0.465 e. The van der Waals surface area contributed by atoms with Crippen LogP contribution in [0.25, 0.3) is 0 Å². The first kappa shape index (κ1) is 9.51. The molecular weight excluding hydrogens is 205 g/mol. The zero-order valence-corrected chi connectivity index (χ0v) is 7.99. The van der Waals surface area contributed by atoms with Crippen LogP contribution in [0.5, 0.6) is 0 Å². The van der Waals surface area contributed by atoms with E-state index in [0.717, 1.165) is 11.1 Å². The predicted molar refractivity (Wildman–Crippen MR) is 51.4 cm³/mol. The molecule has 0 atom stereocenters. The Labute approximate surface area is 84.4 Å². The summed E-state index contributed by atoms with van der Waals surface area (Å²) in [7, 11) is -1.50. The summed E-state index contributed by atoms with van der Waals surface area (Å²) in [5.74, 6) is 0. The van der Waals surface area contributed by atoms with Crippen molar-refractivity contribution in [1.82, 2.24) is 4.90 Å². The van der Waals surface area contributed by atoms with Gasteiger partial charge in [-0.25, -0.2) is 4.79 Å². The minimum absolute atomic E-state index is 0.251. The maximum absolute atomic E-state index is 10.7. The zero-order valence-electron chi connectivity index (χ0n) is 7.17. The Kier molecular flexibility index (Phi) is 2.22. The summed E-state index contributed by atoms with van der Waals surface area (Å²) in [5, 5.41) is 28.5. The minimum atomic E-state index is -1.50. The highest BCUT2D eigenvalue weighted by Crippen LogP contribution is 2.24. The van der Waals surface area contributed by atoms with Gasteiger partial charge in [-0.2, -0.15) is 11.3 Å². The van der Waals surface area contributed by atoms with Gasteiger partial charge in [0, 0.05) is 4.78 Å². The van der Waals surface area contributed by atoms with Gasteiger partial charge in [-0.05, 0) is 16.5 Å². The van der Waals surface area contributed by atoms with E-state index < -0.39 is 13.2 Å². The molecule has 0 aliphatic carbocycles. The number of rotatable bonds is 1. The van der Waals surface area contributed by atoms with Crippen LogP contribution in [0, 0.1) is 0 Å². The van der Waals surface area contributed by atoms with Gasteiger partial charge in [0.1, 0.15) is 0 Å². The van der Waals surface area contributed by atoms with Crippen molar-refractivity contribution < 1.29 is 19.9 Å². The van der Waals surface area contributed by atoms with Crippen LogP contribution >= 0.6 is 11.3 Å². The largest absolute Gasteiger partial charge is 0.499 e.